The maximum atomic E-state index is 12.0. The van der Waals surface area contributed by atoms with Crippen molar-refractivity contribution < 1.29 is 19.3 Å². The number of piperidine rings is 1. The van der Waals surface area contributed by atoms with E-state index in [2.05, 4.69) is 43.2 Å². The summed E-state index contributed by atoms with van der Waals surface area (Å²) in [5, 5.41) is 12.0. The molecule has 2 heterocycles. The van der Waals surface area contributed by atoms with E-state index in [-0.39, 0.29) is 22.9 Å². The summed E-state index contributed by atoms with van der Waals surface area (Å²) in [6, 6.07) is 4.72. The summed E-state index contributed by atoms with van der Waals surface area (Å²) in [6.45, 7) is 5.31. The van der Waals surface area contributed by atoms with Crippen LogP contribution < -0.4 is 9.47 Å². The molecule has 2 spiro atoms. The molecule has 6 aliphatic rings. The average Bonchev–Trinajstić information content (AvgIpc) is 3.18. The number of hydrogen-bond donors (Lipinski definition) is 1. The van der Waals surface area contributed by atoms with E-state index < -0.39 is 11.2 Å². The van der Waals surface area contributed by atoms with Crippen LogP contribution in [-0.2, 0) is 16.6 Å². The lowest BCUT2D eigenvalue weighted by Crippen LogP contribution is -2.80. The average molecular weight is 454 g/mol. The molecule has 2 fully saturated rings. The van der Waals surface area contributed by atoms with Crippen LogP contribution in [0.4, 0.5) is 0 Å². The molecule has 180 valence electrons. The molecule has 33 heavy (non-hydrogen) atoms. The Labute approximate surface area is 198 Å². The van der Waals surface area contributed by atoms with Crippen molar-refractivity contribution in [1.82, 2.24) is 4.90 Å². The molecule has 1 saturated carbocycles. The lowest BCUT2D eigenvalue weighted by atomic mass is 9.36. The molecular formula is C28H39NO4. The van der Waals surface area contributed by atoms with Crippen molar-refractivity contribution in [2.75, 3.05) is 27.8 Å². The first-order valence-corrected chi connectivity index (χ1v) is 12.9. The molecule has 1 aromatic rings. The number of methoxy groups -OCH3 is 2. The zero-order valence-electron chi connectivity index (χ0n) is 20.8. The lowest BCUT2D eigenvalue weighted by molar-refractivity contribution is -0.247. The highest BCUT2D eigenvalue weighted by atomic mass is 16.6. The Morgan fingerprint density at radius 1 is 1.24 bits per heavy atom. The van der Waals surface area contributed by atoms with Gasteiger partial charge in [-0.25, -0.2) is 0 Å². The number of rotatable bonds is 7. The highest BCUT2D eigenvalue weighted by Gasteiger charge is 2.80. The Morgan fingerprint density at radius 3 is 2.79 bits per heavy atom. The van der Waals surface area contributed by atoms with Crippen LogP contribution in [0.5, 0.6) is 11.5 Å². The monoisotopic (exact) mass is 453 g/mol. The second kappa shape index (κ2) is 6.99. The van der Waals surface area contributed by atoms with Gasteiger partial charge in [-0.05, 0) is 57.8 Å². The molecule has 0 radical (unpaired) electrons. The Bertz CT molecular complexity index is 1000. The lowest BCUT2D eigenvalue weighted by Gasteiger charge is -2.72. The van der Waals surface area contributed by atoms with Gasteiger partial charge in [-0.15, -0.1) is 0 Å². The first-order valence-electron chi connectivity index (χ1n) is 12.9. The summed E-state index contributed by atoms with van der Waals surface area (Å²) in [5.41, 5.74) is 1.08. The molecule has 7 atom stereocenters. The van der Waals surface area contributed by atoms with Crippen molar-refractivity contribution in [2.24, 2.45) is 11.3 Å². The quantitative estimate of drug-likeness (QED) is 0.494. The second-order valence-electron chi connectivity index (χ2n) is 11.6. The van der Waals surface area contributed by atoms with Crippen LogP contribution in [-0.4, -0.2) is 61.2 Å². The minimum absolute atomic E-state index is 0.0224. The summed E-state index contributed by atoms with van der Waals surface area (Å²) in [6.07, 6.45) is 11.7. The topological polar surface area (TPSA) is 51.2 Å². The van der Waals surface area contributed by atoms with E-state index >= 15 is 0 Å². The van der Waals surface area contributed by atoms with Gasteiger partial charge in [0, 0.05) is 30.0 Å². The van der Waals surface area contributed by atoms with Crippen molar-refractivity contribution >= 4 is 0 Å². The standard InChI is InChI=1S/C28H39NO4/c1-6-7-8-11-25(2,30)20-17-26-12-13-28(20,32-5)24-27(26)14-15-29(3)21(26)16-18-9-10-19(31-4)23(33-24)22(18)27/h9-10,12-13,20-21,24,30H,6-8,11,14-17H2,1-5H3/t20-,21-,24-,25-,26?,27+,28+/m1/s1. The Morgan fingerprint density at radius 2 is 2.06 bits per heavy atom. The fourth-order valence-corrected chi connectivity index (χ4v) is 8.82. The van der Waals surface area contributed by atoms with Crippen molar-refractivity contribution in [3.05, 3.63) is 35.4 Å². The van der Waals surface area contributed by atoms with E-state index in [4.69, 9.17) is 14.2 Å². The molecule has 2 aliphatic heterocycles. The molecule has 5 nitrogen and oxygen atoms in total. The largest absolute Gasteiger partial charge is 0.493 e. The van der Waals surface area contributed by atoms with E-state index in [9.17, 15) is 5.11 Å². The number of fused-ring (bicyclic) bond motifs is 1. The van der Waals surface area contributed by atoms with Gasteiger partial charge in [-0.2, -0.15) is 0 Å². The number of unbranched alkanes of at least 4 members (excludes halogenated alkanes) is 2. The van der Waals surface area contributed by atoms with E-state index in [0.29, 0.717) is 6.04 Å². The van der Waals surface area contributed by atoms with Crippen molar-refractivity contribution in [2.45, 2.75) is 87.6 Å². The van der Waals surface area contributed by atoms with Gasteiger partial charge in [0.05, 0.1) is 18.1 Å². The fourth-order valence-electron chi connectivity index (χ4n) is 8.82. The van der Waals surface area contributed by atoms with Crippen LogP contribution in [0.15, 0.2) is 24.3 Å². The Balaban J connectivity index is 1.57. The second-order valence-corrected chi connectivity index (χ2v) is 11.6. The predicted octanol–water partition coefficient (Wildman–Crippen LogP) is 4.25. The third-order valence-electron chi connectivity index (χ3n) is 10.3. The highest BCUT2D eigenvalue weighted by Crippen LogP contribution is 2.75. The molecule has 1 aromatic carbocycles. The molecule has 0 amide bonds. The first-order chi connectivity index (χ1) is 15.8. The Hall–Kier alpha value is -1.56. The van der Waals surface area contributed by atoms with Crippen molar-refractivity contribution in [3.8, 4) is 11.5 Å². The number of benzene rings is 1. The molecular weight excluding hydrogens is 414 g/mol. The van der Waals surface area contributed by atoms with Gasteiger partial charge in [0.25, 0.3) is 0 Å². The summed E-state index contributed by atoms with van der Waals surface area (Å²) in [5.74, 6) is 1.72. The van der Waals surface area contributed by atoms with Crippen LogP contribution in [0.2, 0.25) is 0 Å². The minimum Gasteiger partial charge on any atom is -0.493 e. The van der Waals surface area contributed by atoms with Gasteiger partial charge >= 0.3 is 0 Å². The fraction of sp³-hybridized carbons (Fsp3) is 0.714. The normalized spacial score (nSPS) is 41.5. The maximum absolute atomic E-state index is 12.0. The summed E-state index contributed by atoms with van der Waals surface area (Å²) in [4.78, 5) is 2.56. The number of ether oxygens (including phenoxy) is 3. The van der Waals surface area contributed by atoms with E-state index in [0.717, 1.165) is 63.0 Å². The van der Waals surface area contributed by atoms with E-state index in [1.165, 1.54) is 11.1 Å². The first kappa shape index (κ1) is 21.9. The number of likely N-dealkylation sites (tertiary alicyclic amines) is 1. The van der Waals surface area contributed by atoms with Crippen molar-refractivity contribution in [3.63, 3.8) is 0 Å². The maximum Gasteiger partial charge on any atom is 0.166 e. The van der Waals surface area contributed by atoms with Gasteiger partial charge in [-0.3, -0.25) is 0 Å². The van der Waals surface area contributed by atoms with Crippen LogP contribution in [0, 0.1) is 11.3 Å². The summed E-state index contributed by atoms with van der Waals surface area (Å²) in [7, 11) is 5.83. The molecule has 7 rings (SSSR count). The molecule has 4 bridgehead atoms. The molecule has 1 unspecified atom stereocenters. The van der Waals surface area contributed by atoms with Gasteiger partial charge in [0.2, 0.25) is 0 Å². The molecule has 0 aromatic heterocycles. The van der Waals surface area contributed by atoms with E-state index in [1.54, 1.807) is 7.11 Å². The zero-order chi connectivity index (χ0) is 23.2. The van der Waals surface area contributed by atoms with Crippen LogP contribution >= 0.6 is 0 Å². The molecule has 4 aliphatic carbocycles. The van der Waals surface area contributed by atoms with E-state index in [1.807, 2.05) is 14.0 Å². The van der Waals surface area contributed by atoms with Crippen molar-refractivity contribution in [1.29, 1.82) is 0 Å². The van der Waals surface area contributed by atoms with Gasteiger partial charge in [-0.1, -0.05) is 44.4 Å². The third-order valence-corrected chi connectivity index (χ3v) is 10.3. The zero-order valence-corrected chi connectivity index (χ0v) is 20.8. The number of aliphatic hydroxyl groups is 1. The molecule has 1 saturated heterocycles. The van der Waals surface area contributed by atoms with Crippen LogP contribution in [0.25, 0.3) is 0 Å². The minimum atomic E-state index is -0.820. The van der Waals surface area contributed by atoms with Gasteiger partial charge in [0.1, 0.15) is 11.7 Å². The predicted molar refractivity (Wildman–Crippen MR) is 128 cm³/mol. The van der Waals surface area contributed by atoms with Crippen LogP contribution in [0.1, 0.15) is 63.5 Å². The number of nitrogens with zero attached hydrogens (tertiary/aromatic N) is 1. The Kier molecular flexibility index (Phi) is 4.65. The van der Waals surface area contributed by atoms with Crippen LogP contribution in [0.3, 0.4) is 0 Å². The number of hydrogen-bond acceptors (Lipinski definition) is 5. The molecule has 1 N–H and O–H groups in total. The van der Waals surface area contributed by atoms with Gasteiger partial charge < -0.3 is 24.2 Å². The third kappa shape index (κ3) is 2.39. The summed E-state index contributed by atoms with van der Waals surface area (Å²) < 4.78 is 19.3. The van der Waals surface area contributed by atoms with Gasteiger partial charge in [0.15, 0.2) is 11.5 Å². The highest BCUT2D eigenvalue weighted by molar-refractivity contribution is 5.65. The smallest absolute Gasteiger partial charge is 0.166 e. The summed E-state index contributed by atoms with van der Waals surface area (Å²) >= 11 is 0. The SMILES string of the molecule is CCCCC[C@@](C)(O)[C@H]1CC23C=C[C@@]1(OC)[C@@H]1Oc4c(OC)ccc5c4[C@@]12CCN(C)[C@@H]3C5. The number of likely N-dealkylation sites (N-methyl/N-ethyl adjacent to an activating group) is 1. The molecule has 5 heteroatoms.